The summed E-state index contributed by atoms with van der Waals surface area (Å²) in [7, 11) is 0. The van der Waals surface area contributed by atoms with Crippen LogP contribution in [0.4, 0.5) is 0 Å². The number of nitrogens with zero attached hydrogens (tertiary/aromatic N) is 6. The number of hydrogen-bond donors (Lipinski definition) is 0. The van der Waals surface area contributed by atoms with E-state index in [0.717, 1.165) is 44.8 Å². The molecule has 2 heterocycles. The van der Waals surface area contributed by atoms with Gasteiger partial charge in [0.2, 0.25) is 0 Å². The molecule has 0 aliphatic carbocycles. The van der Waals surface area contributed by atoms with Crippen LogP contribution in [0.25, 0.3) is 0 Å². The molecule has 0 aliphatic heterocycles. The Labute approximate surface area is 667 Å². The second kappa shape index (κ2) is 68.8. The van der Waals surface area contributed by atoms with E-state index in [9.17, 15) is 79.8 Å². The van der Waals surface area contributed by atoms with E-state index in [1.165, 1.54) is 86.6 Å². The van der Waals surface area contributed by atoms with Crippen LogP contribution in [0.5, 0.6) is 0 Å². The molecule has 8 aromatic rings. The summed E-state index contributed by atoms with van der Waals surface area (Å²) in [5, 5.41) is 118. The molecule has 6 aromatic carbocycles. The van der Waals surface area contributed by atoms with Gasteiger partial charge in [-0.05, 0) is 125 Å². The van der Waals surface area contributed by atoms with Gasteiger partial charge < -0.3 is 101 Å². The Morgan fingerprint density at radius 1 is 0.330 bits per heavy atom. The van der Waals surface area contributed by atoms with Crippen molar-refractivity contribution in [3.63, 3.8) is 0 Å². The molecule has 2 aromatic heterocycles. The third-order valence-corrected chi connectivity index (χ3v) is 11.6. The third-order valence-electron chi connectivity index (χ3n) is 11.6. The largest absolute Gasteiger partial charge is 3.00 e. The molecular weight excluding hydrogens is 1670 g/mol. The fourth-order valence-electron chi connectivity index (χ4n) is 6.64. The summed E-state index contributed by atoms with van der Waals surface area (Å²) in [5.74, 6) is -6.75. The minimum atomic E-state index is -1.12. The van der Waals surface area contributed by atoms with Crippen molar-refractivity contribution < 1.29 is 202 Å². The first-order valence-corrected chi connectivity index (χ1v) is 28.6. The van der Waals surface area contributed by atoms with Crippen molar-refractivity contribution >= 4 is 35.8 Å². The number of carboxylic acids is 6. The standard InChI is InChI=1S/2C10H14N2O2.6C8H8O2.2C2H3N.2Cr.2Dy.2H2O/c2*13-7-5-12(6-8-14)9-10-3-1-2-4-11-10;6*1-6-2-4-7(5-3-6)8(9)10;2*1-2-3;;;;;;/h2*1-4H,5-9H2;6*2-5H,1H3,(H,9,10);2*1H3;;;;;2*1H2/q2*-2;;;;;;;;;4*+3;;/p-8. The molecule has 24 nitrogen and oxygen atoms in total. The summed E-state index contributed by atoms with van der Waals surface area (Å²) in [6.45, 7) is 16.4. The fourth-order valence-corrected chi connectivity index (χ4v) is 6.64. The number of aromatic carboxylic acids is 6. The SMILES string of the molecule is CC#N.CC#N.Cc1ccc(C(=O)[O-])cc1.Cc1ccc(C(=O)[O-])cc1.Cc1ccc(C(=O)[O-])cc1.Cc1ccc(C(=O)[O-])cc1.Cc1ccc(C(=O)[O-])cc1.Cc1ccc(C(=O)[O-])cc1.[Cr+3].[Cr+3].[Dy+3].[Dy+3].[O-]CCN(CC[O-])Cc1ccccn1.[O-]CCN(CC[O-])Cc1ccccn1.[OH-].[OH-]. The van der Waals surface area contributed by atoms with Crippen molar-refractivity contribution in [2.24, 2.45) is 0 Å². The van der Waals surface area contributed by atoms with Crippen molar-refractivity contribution in [3.05, 3.63) is 273 Å². The van der Waals surface area contributed by atoms with E-state index in [4.69, 9.17) is 10.5 Å². The summed E-state index contributed by atoms with van der Waals surface area (Å²) < 4.78 is 0. The average Bonchev–Trinajstić information content (AvgIpc) is 1.26. The summed E-state index contributed by atoms with van der Waals surface area (Å²) in [6.07, 6.45) is 3.42. The molecule has 0 unspecified atom stereocenters. The molecule has 28 heteroatoms. The molecule has 536 valence electrons. The maximum atomic E-state index is 10.4. The van der Waals surface area contributed by atoms with Gasteiger partial charge in [-0.3, -0.25) is 9.97 Å². The van der Waals surface area contributed by atoms with Crippen LogP contribution in [0, 0.1) is 141 Å². The van der Waals surface area contributed by atoms with Crippen LogP contribution < -0.4 is 51.1 Å². The van der Waals surface area contributed by atoms with Crippen LogP contribution >= 0.6 is 0 Å². The Balaban J connectivity index is -0.000000158. The number of hydrogen-bond acceptors (Lipinski definition) is 24. The van der Waals surface area contributed by atoms with Gasteiger partial charge in [0.1, 0.15) is 0 Å². The number of aromatic nitrogens is 2. The predicted octanol–water partition coefficient (Wildman–Crippen LogP) is 0.0607. The quantitative estimate of drug-likeness (QED) is 0.110. The van der Waals surface area contributed by atoms with Crippen LogP contribution in [-0.2, 0) is 47.8 Å². The average molecular weight is 1740 g/mol. The van der Waals surface area contributed by atoms with Gasteiger partial charge in [0.25, 0.3) is 0 Å². The van der Waals surface area contributed by atoms with E-state index < -0.39 is 35.8 Å². The smallest absolute Gasteiger partial charge is 0.870 e. The Kier molecular flexibility index (Phi) is 74.8. The van der Waals surface area contributed by atoms with E-state index in [-0.39, 0.29) is 182 Å². The van der Waals surface area contributed by atoms with E-state index in [0.29, 0.717) is 39.3 Å². The number of carbonyl (C=O) groups is 6. The van der Waals surface area contributed by atoms with Gasteiger partial charge in [-0.15, -0.1) is 26.4 Å². The summed E-state index contributed by atoms with van der Waals surface area (Å²) >= 11 is 0. The molecule has 0 aliphatic rings. The predicted molar refractivity (Wildman–Crippen MR) is 338 cm³/mol. The number of benzene rings is 6. The summed E-state index contributed by atoms with van der Waals surface area (Å²) in [4.78, 5) is 73.2. The first-order chi connectivity index (χ1) is 44.7. The van der Waals surface area contributed by atoms with Crippen LogP contribution in [0.2, 0.25) is 0 Å². The first kappa shape index (κ1) is 109. The molecule has 0 saturated carbocycles. The van der Waals surface area contributed by atoms with Crippen LogP contribution in [-0.4, -0.2) is 119 Å². The van der Waals surface area contributed by atoms with Crippen molar-refractivity contribution in [1.82, 2.24) is 19.8 Å². The Morgan fingerprint density at radius 2 is 0.480 bits per heavy atom. The van der Waals surface area contributed by atoms with Crippen LogP contribution in [0.3, 0.4) is 0 Å². The van der Waals surface area contributed by atoms with Gasteiger partial charge in [-0.2, -0.15) is 10.5 Å². The minimum absolute atomic E-state index is 0. The zero-order valence-electron chi connectivity index (χ0n) is 56.1. The fraction of sp³-hybridized carbons (Fsp3) is 0.250. The molecule has 0 amide bonds. The number of nitriles is 2. The molecule has 0 saturated heterocycles. The van der Waals surface area contributed by atoms with Gasteiger partial charge in [-0.25, -0.2) is 0 Å². The number of rotatable bonds is 18. The summed E-state index contributed by atoms with van der Waals surface area (Å²) in [6, 6.07) is 54.0. The van der Waals surface area contributed by atoms with Crippen molar-refractivity contribution in [2.75, 3.05) is 52.6 Å². The normalized spacial score (nSPS) is 8.76. The second-order valence-electron chi connectivity index (χ2n) is 19.4. The monoisotopic (exact) mass is 1750 g/mol. The van der Waals surface area contributed by atoms with Gasteiger partial charge in [0.05, 0.1) is 59.3 Å². The number of aryl methyl sites for hydroxylation is 6. The Morgan fingerprint density at radius 3 is 0.590 bits per heavy atom. The first-order valence-electron chi connectivity index (χ1n) is 28.6. The molecule has 2 N–H and O–H groups in total. The molecule has 0 bridgehead atoms. The van der Waals surface area contributed by atoms with Crippen molar-refractivity contribution in [2.45, 2.75) is 68.5 Å². The summed E-state index contributed by atoms with van der Waals surface area (Å²) in [5.41, 5.74) is 9.44. The van der Waals surface area contributed by atoms with E-state index in [1.807, 2.05) is 87.7 Å². The van der Waals surface area contributed by atoms with Gasteiger partial charge in [-0.1, -0.05) is 191 Å². The van der Waals surface area contributed by atoms with E-state index >= 15 is 0 Å². The molecular formula is C72H78Cr2Dy2N6O18. The van der Waals surface area contributed by atoms with Crippen molar-refractivity contribution in [3.8, 4) is 12.1 Å². The van der Waals surface area contributed by atoms with Gasteiger partial charge in [0, 0.05) is 39.3 Å². The zero-order valence-corrected chi connectivity index (χ0v) is 62.7. The van der Waals surface area contributed by atoms with E-state index in [1.54, 1.807) is 97.3 Å². The van der Waals surface area contributed by atoms with Crippen molar-refractivity contribution in [1.29, 1.82) is 10.5 Å². The van der Waals surface area contributed by atoms with Gasteiger partial charge >= 0.3 is 111 Å². The molecule has 4 radical (unpaired) electrons. The third kappa shape index (κ3) is 57.5. The molecule has 0 atom stereocenters. The number of carbonyl (C=O) groups excluding carboxylic acids is 6. The maximum absolute atomic E-state index is 10.4. The number of carboxylic acid groups (broad SMARTS) is 6. The maximum Gasteiger partial charge on any atom is 3.00 e. The Bertz CT molecular complexity index is 2960. The molecule has 100 heavy (non-hydrogen) atoms. The molecule has 0 spiro atoms. The molecule has 8 rings (SSSR count). The van der Waals surface area contributed by atoms with E-state index in [2.05, 4.69) is 9.97 Å². The topological polar surface area (TPSA) is 473 Å². The van der Waals surface area contributed by atoms with Crippen LogP contribution in [0.15, 0.2) is 194 Å². The second-order valence-corrected chi connectivity index (χ2v) is 19.4. The number of pyridine rings is 2. The zero-order chi connectivity index (χ0) is 71.2. The molecule has 0 fully saturated rings. The Hall–Kier alpha value is -7.29. The van der Waals surface area contributed by atoms with Gasteiger partial charge in [0.15, 0.2) is 0 Å². The van der Waals surface area contributed by atoms with Crippen LogP contribution in [0.1, 0.15) is 121 Å². The minimum Gasteiger partial charge on any atom is -0.870 e.